The first kappa shape index (κ1) is 30.0. The Morgan fingerprint density at radius 1 is 0.947 bits per heavy atom. The first-order chi connectivity index (χ1) is 17.8. The molecule has 2 amide bonds. The number of anilines is 1. The van der Waals surface area contributed by atoms with Gasteiger partial charge in [0.2, 0.25) is 5.28 Å². The minimum Gasteiger partial charge on any atom is -0.426 e. The summed E-state index contributed by atoms with van der Waals surface area (Å²) in [5.74, 6) is 0.113. The van der Waals surface area contributed by atoms with Crippen LogP contribution >= 0.6 is 11.6 Å². The summed E-state index contributed by atoms with van der Waals surface area (Å²) in [6.07, 6.45) is -12.6. The average molecular weight is 574 g/mol. The lowest BCUT2D eigenvalue weighted by Crippen LogP contribution is -2.56. The molecule has 4 rings (SSSR count). The Hall–Kier alpha value is -2.51. The van der Waals surface area contributed by atoms with Crippen LogP contribution in [-0.4, -0.2) is 88.5 Å². The molecule has 0 saturated carbocycles. The highest BCUT2D eigenvalue weighted by Gasteiger charge is 2.60. The second kappa shape index (κ2) is 11.7. The van der Waals surface area contributed by atoms with E-state index in [1.165, 1.54) is 6.20 Å². The number of ether oxygens (including phenoxy) is 1. The van der Waals surface area contributed by atoms with Crippen LogP contribution in [0.4, 0.5) is 37.0 Å². The third-order valence-corrected chi connectivity index (χ3v) is 7.16. The number of alkyl halides is 6. The summed E-state index contributed by atoms with van der Waals surface area (Å²) in [7, 11) is 0. The molecule has 0 N–H and O–H groups in total. The quantitative estimate of drug-likeness (QED) is 0.353. The predicted octanol–water partition coefficient (Wildman–Crippen LogP) is 5.46. The Morgan fingerprint density at radius 3 is 2.08 bits per heavy atom. The van der Waals surface area contributed by atoms with E-state index in [1.807, 2.05) is 18.7 Å². The first-order valence-corrected chi connectivity index (χ1v) is 12.9. The van der Waals surface area contributed by atoms with Crippen molar-refractivity contribution >= 4 is 29.4 Å². The SMILES string of the molecule is CC.O=C(OC(C(F)(F)F)C(F)(F)F)N1CCC2(CCCN2C(=O)c2cnc(Cl)nc2N2CCCC2)CC1. The van der Waals surface area contributed by atoms with Gasteiger partial charge in [0, 0.05) is 44.5 Å². The number of likely N-dealkylation sites (tertiary alicyclic amines) is 2. The fraction of sp³-hybridized carbons (Fsp3) is 0.739. The van der Waals surface area contributed by atoms with Gasteiger partial charge in [-0.3, -0.25) is 4.79 Å². The van der Waals surface area contributed by atoms with Crippen molar-refractivity contribution in [2.24, 2.45) is 0 Å². The Morgan fingerprint density at radius 2 is 1.53 bits per heavy atom. The van der Waals surface area contributed by atoms with Crippen molar-refractivity contribution < 1.29 is 40.7 Å². The molecule has 3 saturated heterocycles. The molecule has 15 heteroatoms. The Labute approximate surface area is 221 Å². The summed E-state index contributed by atoms with van der Waals surface area (Å²) in [5, 5.41) is 0.00687. The van der Waals surface area contributed by atoms with E-state index in [4.69, 9.17) is 11.6 Å². The topological polar surface area (TPSA) is 78.9 Å². The number of halogens is 7. The molecule has 0 aliphatic carbocycles. The highest BCUT2D eigenvalue weighted by molar-refractivity contribution is 6.28. The van der Waals surface area contributed by atoms with E-state index < -0.39 is 30.1 Å². The molecule has 0 unspecified atom stereocenters. The van der Waals surface area contributed by atoms with Crippen LogP contribution in [0, 0.1) is 0 Å². The smallest absolute Gasteiger partial charge is 0.426 e. The van der Waals surface area contributed by atoms with E-state index in [0.29, 0.717) is 38.3 Å². The number of aromatic nitrogens is 2. The molecule has 3 fully saturated rings. The number of amides is 2. The van der Waals surface area contributed by atoms with Crippen molar-refractivity contribution in [1.82, 2.24) is 19.8 Å². The molecule has 0 atom stereocenters. The Kier molecular flexibility index (Phi) is 9.25. The van der Waals surface area contributed by atoms with Crippen molar-refractivity contribution in [3.8, 4) is 0 Å². The van der Waals surface area contributed by atoms with Gasteiger partial charge in [-0.2, -0.15) is 31.3 Å². The molecule has 1 aromatic rings. The van der Waals surface area contributed by atoms with Gasteiger partial charge in [-0.05, 0) is 50.1 Å². The van der Waals surface area contributed by atoms with Gasteiger partial charge < -0.3 is 19.4 Å². The molecule has 1 spiro atoms. The van der Waals surface area contributed by atoms with Crippen LogP contribution in [0.5, 0.6) is 0 Å². The fourth-order valence-corrected chi connectivity index (χ4v) is 5.32. The van der Waals surface area contributed by atoms with E-state index in [9.17, 15) is 35.9 Å². The molecule has 0 aromatic carbocycles. The highest BCUT2D eigenvalue weighted by atomic mass is 35.5. The van der Waals surface area contributed by atoms with Crippen LogP contribution in [-0.2, 0) is 4.74 Å². The Balaban J connectivity index is 0.00000195. The molecule has 4 heterocycles. The summed E-state index contributed by atoms with van der Waals surface area (Å²) in [6, 6.07) is 0. The molecule has 3 aliphatic rings. The third kappa shape index (κ3) is 6.37. The first-order valence-electron chi connectivity index (χ1n) is 12.5. The fourth-order valence-electron chi connectivity index (χ4n) is 5.19. The van der Waals surface area contributed by atoms with Gasteiger partial charge in [-0.25, -0.2) is 9.78 Å². The summed E-state index contributed by atoms with van der Waals surface area (Å²) in [5.41, 5.74) is -0.411. The molecular formula is C23H30ClF6N5O3. The zero-order valence-corrected chi connectivity index (χ0v) is 21.8. The summed E-state index contributed by atoms with van der Waals surface area (Å²) in [6.45, 7) is 5.54. The summed E-state index contributed by atoms with van der Waals surface area (Å²) >= 11 is 5.98. The van der Waals surface area contributed by atoms with Gasteiger partial charge >= 0.3 is 18.4 Å². The predicted molar refractivity (Wildman–Crippen MR) is 126 cm³/mol. The van der Waals surface area contributed by atoms with Gasteiger partial charge in [-0.15, -0.1) is 0 Å². The number of nitrogens with zero attached hydrogens (tertiary/aromatic N) is 5. The molecule has 0 bridgehead atoms. The minimum absolute atomic E-state index is 0.00687. The number of carbonyl (C=O) groups excluding carboxylic acids is 2. The van der Waals surface area contributed by atoms with Gasteiger partial charge in [0.25, 0.3) is 12.0 Å². The van der Waals surface area contributed by atoms with E-state index in [-0.39, 0.29) is 42.7 Å². The van der Waals surface area contributed by atoms with Gasteiger partial charge in [0.15, 0.2) is 0 Å². The largest absolute Gasteiger partial charge is 0.434 e. The van der Waals surface area contributed by atoms with Crippen molar-refractivity contribution in [1.29, 1.82) is 0 Å². The van der Waals surface area contributed by atoms with Crippen LogP contribution in [0.15, 0.2) is 6.20 Å². The second-order valence-corrected chi connectivity index (χ2v) is 9.53. The summed E-state index contributed by atoms with van der Waals surface area (Å²) in [4.78, 5) is 38.4. The highest BCUT2D eigenvalue weighted by Crippen LogP contribution is 2.41. The lowest BCUT2D eigenvalue weighted by atomic mass is 9.84. The molecular weight excluding hydrogens is 544 g/mol. The maximum absolute atomic E-state index is 13.6. The minimum atomic E-state index is -5.78. The van der Waals surface area contributed by atoms with E-state index in [2.05, 4.69) is 14.7 Å². The molecule has 3 aliphatic heterocycles. The lowest BCUT2D eigenvalue weighted by Gasteiger charge is -2.45. The van der Waals surface area contributed by atoms with E-state index >= 15 is 0 Å². The van der Waals surface area contributed by atoms with Crippen molar-refractivity contribution in [3.05, 3.63) is 17.0 Å². The molecule has 8 nitrogen and oxygen atoms in total. The number of hydrogen-bond donors (Lipinski definition) is 0. The maximum Gasteiger partial charge on any atom is 0.434 e. The monoisotopic (exact) mass is 573 g/mol. The number of hydrogen-bond acceptors (Lipinski definition) is 6. The van der Waals surface area contributed by atoms with Crippen LogP contribution in [0.2, 0.25) is 5.28 Å². The average Bonchev–Trinajstić information content (AvgIpc) is 3.53. The van der Waals surface area contributed by atoms with Crippen LogP contribution in [0.1, 0.15) is 62.7 Å². The van der Waals surface area contributed by atoms with Crippen LogP contribution in [0.3, 0.4) is 0 Å². The van der Waals surface area contributed by atoms with Gasteiger partial charge in [0.1, 0.15) is 11.4 Å². The third-order valence-electron chi connectivity index (χ3n) is 6.98. The molecule has 1 aromatic heterocycles. The normalized spacial score (nSPS) is 19.6. The zero-order chi connectivity index (χ0) is 28.3. The van der Waals surface area contributed by atoms with E-state index in [1.54, 1.807) is 4.90 Å². The van der Waals surface area contributed by atoms with Gasteiger partial charge in [-0.1, -0.05) is 13.8 Å². The lowest BCUT2D eigenvalue weighted by molar-refractivity contribution is -0.308. The second-order valence-electron chi connectivity index (χ2n) is 9.19. The molecule has 38 heavy (non-hydrogen) atoms. The van der Waals surface area contributed by atoms with Crippen molar-refractivity contribution in [3.63, 3.8) is 0 Å². The van der Waals surface area contributed by atoms with Crippen molar-refractivity contribution in [2.75, 3.05) is 37.6 Å². The number of carbonyl (C=O) groups is 2. The zero-order valence-electron chi connectivity index (χ0n) is 21.0. The Bertz CT molecular complexity index is 981. The van der Waals surface area contributed by atoms with Crippen LogP contribution in [0.25, 0.3) is 0 Å². The standard InChI is InChI=1S/C21H24ClF6N5O3.C2H6/c22-17-29-12-13(14(30-17)31-7-1-2-8-31)15(34)33-9-3-4-19(33)5-10-32(11-6-19)18(35)36-16(20(23,24)25)21(26,27)28;1-2/h12,16H,1-11H2;1-2H3. The van der Waals surface area contributed by atoms with Crippen molar-refractivity contribution in [2.45, 2.75) is 76.4 Å². The summed E-state index contributed by atoms with van der Waals surface area (Å²) < 4.78 is 80.5. The molecule has 214 valence electrons. The van der Waals surface area contributed by atoms with Crippen LogP contribution < -0.4 is 4.90 Å². The number of piperidine rings is 1. The molecule has 0 radical (unpaired) electrons. The maximum atomic E-state index is 13.6. The number of rotatable bonds is 3. The van der Waals surface area contributed by atoms with Gasteiger partial charge in [0.05, 0.1) is 0 Å². The van der Waals surface area contributed by atoms with E-state index in [0.717, 1.165) is 17.7 Å².